The van der Waals surface area contributed by atoms with Crippen molar-refractivity contribution in [1.82, 2.24) is 0 Å². The van der Waals surface area contributed by atoms with E-state index in [2.05, 4.69) is 25.1 Å². The Balaban J connectivity index is 2.24. The molecule has 0 radical (unpaired) electrons. The molecule has 0 bridgehead atoms. The molecule has 1 aliphatic carbocycles. The molecule has 0 spiro atoms. The molecule has 1 aromatic rings. The maximum Gasteiger partial charge on any atom is 0.134 e. The highest BCUT2D eigenvalue weighted by molar-refractivity contribution is 5.78. The van der Waals surface area contributed by atoms with E-state index in [1.807, 2.05) is 0 Å². The maximum atomic E-state index is 11.0. The molecular weight excluding hydrogens is 172 g/mol. The van der Waals surface area contributed by atoms with Gasteiger partial charge >= 0.3 is 0 Å². The Bertz CT molecular complexity index is 365. The summed E-state index contributed by atoms with van der Waals surface area (Å²) < 4.78 is 0. The van der Waals surface area contributed by atoms with Crippen molar-refractivity contribution in [2.45, 2.75) is 33.1 Å². The molecular formula is C13H16O. The average Bonchev–Trinajstić information content (AvgIpc) is 2.42. The highest BCUT2D eigenvalue weighted by Crippen LogP contribution is 2.27. The number of carbonyl (C=O) groups excluding carboxylic acids is 1. The largest absolute Gasteiger partial charge is 0.300 e. The second-order valence-electron chi connectivity index (χ2n) is 4.50. The number of hydrogen-bond acceptors (Lipinski definition) is 1. The van der Waals surface area contributed by atoms with Crippen LogP contribution in [0.5, 0.6) is 0 Å². The van der Waals surface area contributed by atoms with Crippen molar-refractivity contribution in [2.24, 2.45) is 5.92 Å². The second-order valence-corrected chi connectivity index (χ2v) is 4.50. The van der Waals surface area contributed by atoms with Gasteiger partial charge in [-0.05, 0) is 42.4 Å². The number of fused-ring (bicyclic) bond motifs is 1. The quantitative estimate of drug-likeness (QED) is 0.697. The third-order valence-electron chi connectivity index (χ3n) is 2.86. The fourth-order valence-electron chi connectivity index (χ4n) is 2.29. The third kappa shape index (κ3) is 1.87. The minimum Gasteiger partial charge on any atom is -0.300 e. The van der Waals surface area contributed by atoms with Crippen LogP contribution in [0.4, 0.5) is 0 Å². The van der Waals surface area contributed by atoms with Crippen LogP contribution in [0, 0.1) is 5.92 Å². The lowest BCUT2D eigenvalue weighted by molar-refractivity contribution is -0.116. The van der Waals surface area contributed by atoms with Crippen LogP contribution < -0.4 is 0 Å². The molecule has 1 unspecified atom stereocenters. The van der Waals surface area contributed by atoms with E-state index in [4.69, 9.17) is 0 Å². The van der Waals surface area contributed by atoms with Gasteiger partial charge in [0.1, 0.15) is 5.78 Å². The standard InChI is InChI=1S/C13H16O/c1-9-5-12-4-3-11(7-10(2)14)8-13(12)6-9/h3-4,8-9H,5-7H2,1-2H3. The fourth-order valence-corrected chi connectivity index (χ4v) is 2.29. The molecule has 1 atom stereocenters. The molecule has 1 aliphatic rings. The smallest absolute Gasteiger partial charge is 0.134 e. The first kappa shape index (κ1) is 9.45. The Labute approximate surface area is 85.1 Å². The summed E-state index contributed by atoms with van der Waals surface area (Å²) >= 11 is 0. The van der Waals surface area contributed by atoms with Gasteiger partial charge in [-0.1, -0.05) is 25.1 Å². The molecule has 0 N–H and O–H groups in total. The van der Waals surface area contributed by atoms with Crippen molar-refractivity contribution in [3.05, 3.63) is 34.9 Å². The monoisotopic (exact) mass is 188 g/mol. The van der Waals surface area contributed by atoms with Crippen molar-refractivity contribution >= 4 is 5.78 Å². The summed E-state index contributed by atoms with van der Waals surface area (Å²) in [4.78, 5) is 11.0. The van der Waals surface area contributed by atoms with Crippen molar-refractivity contribution in [2.75, 3.05) is 0 Å². The molecule has 0 aromatic heterocycles. The van der Waals surface area contributed by atoms with E-state index < -0.39 is 0 Å². The molecule has 0 amide bonds. The van der Waals surface area contributed by atoms with Gasteiger partial charge in [-0.25, -0.2) is 0 Å². The number of ketones is 1. The minimum absolute atomic E-state index is 0.246. The summed E-state index contributed by atoms with van der Waals surface area (Å²) in [6.45, 7) is 3.93. The first-order chi connectivity index (χ1) is 6.65. The highest BCUT2D eigenvalue weighted by Gasteiger charge is 2.17. The topological polar surface area (TPSA) is 17.1 Å². The molecule has 14 heavy (non-hydrogen) atoms. The Hall–Kier alpha value is -1.11. The molecule has 74 valence electrons. The van der Waals surface area contributed by atoms with Crippen LogP contribution in [0.3, 0.4) is 0 Å². The lowest BCUT2D eigenvalue weighted by atomic mass is 10.0. The Morgan fingerprint density at radius 3 is 2.79 bits per heavy atom. The molecule has 0 saturated carbocycles. The molecule has 0 aliphatic heterocycles. The van der Waals surface area contributed by atoms with Gasteiger partial charge in [-0.3, -0.25) is 4.79 Å². The summed E-state index contributed by atoms with van der Waals surface area (Å²) in [5, 5.41) is 0. The molecule has 1 aromatic carbocycles. The normalized spacial score (nSPS) is 19.4. The summed E-state index contributed by atoms with van der Waals surface area (Å²) in [6, 6.07) is 6.50. The van der Waals surface area contributed by atoms with Crippen molar-refractivity contribution in [3.8, 4) is 0 Å². The van der Waals surface area contributed by atoms with E-state index in [0.29, 0.717) is 6.42 Å². The molecule has 1 nitrogen and oxygen atoms in total. The Morgan fingerprint density at radius 2 is 2.07 bits per heavy atom. The molecule has 2 rings (SSSR count). The van der Waals surface area contributed by atoms with Crippen molar-refractivity contribution in [3.63, 3.8) is 0 Å². The zero-order chi connectivity index (χ0) is 10.1. The predicted molar refractivity (Wildman–Crippen MR) is 57.4 cm³/mol. The maximum absolute atomic E-state index is 11.0. The first-order valence-corrected chi connectivity index (χ1v) is 5.25. The van der Waals surface area contributed by atoms with E-state index in [9.17, 15) is 4.79 Å². The lowest BCUT2D eigenvalue weighted by Gasteiger charge is -2.02. The van der Waals surface area contributed by atoms with Crippen LogP contribution in [-0.2, 0) is 24.1 Å². The van der Waals surface area contributed by atoms with Crippen molar-refractivity contribution < 1.29 is 4.79 Å². The number of benzene rings is 1. The van der Waals surface area contributed by atoms with Gasteiger partial charge in [-0.15, -0.1) is 0 Å². The van der Waals surface area contributed by atoms with Gasteiger partial charge in [-0.2, -0.15) is 0 Å². The zero-order valence-electron chi connectivity index (χ0n) is 8.84. The summed E-state index contributed by atoms with van der Waals surface area (Å²) in [5.74, 6) is 1.02. The van der Waals surface area contributed by atoms with Gasteiger partial charge in [0.05, 0.1) is 0 Å². The highest BCUT2D eigenvalue weighted by atomic mass is 16.1. The Morgan fingerprint density at radius 1 is 1.36 bits per heavy atom. The van der Waals surface area contributed by atoms with Crippen LogP contribution in [0.1, 0.15) is 30.5 Å². The Kier molecular flexibility index (Phi) is 2.40. The van der Waals surface area contributed by atoms with Gasteiger partial charge in [0.25, 0.3) is 0 Å². The number of hydrogen-bond donors (Lipinski definition) is 0. The minimum atomic E-state index is 0.246. The SMILES string of the molecule is CC(=O)Cc1ccc2c(c1)CC(C)C2. The molecule has 0 saturated heterocycles. The van der Waals surface area contributed by atoms with E-state index in [-0.39, 0.29) is 5.78 Å². The summed E-state index contributed by atoms with van der Waals surface area (Å²) in [7, 11) is 0. The number of carbonyl (C=O) groups is 1. The first-order valence-electron chi connectivity index (χ1n) is 5.25. The van der Waals surface area contributed by atoms with Gasteiger partial charge in [0.15, 0.2) is 0 Å². The van der Waals surface area contributed by atoms with E-state index in [1.54, 1.807) is 6.92 Å². The van der Waals surface area contributed by atoms with Crippen LogP contribution in [0.25, 0.3) is 0 Å². The third-order valence-corrected chi connectivity index (χ3v) is 2.86. The average molecular weight is 188 g/mol. The van der Waals surface area contributed by atoms with Crippen LogP contribution in [-0.4, -0.2) is 5.78 Å². The van der Waals surface area contributed by atoms with Gasteiger partial charge in [0, 0.05) is 6.42 Å². The second kappa shape index (κ2) is 3.56. The van der Waals surface area contributed by atoms with Crippen LogP contribution in [0.2, 0.25) is 0 Å². The number of Topliss-reactive ketones (excluding diaryl/α,β-unsaturated/α-hetero) is 1. The summed E-state index contributed by atoms with van der Waals surface area (Å²) in [6.07, 6.45) is 2.97. The van der Waals surface area contributed by atoms with E-state index in [0.717, 1.165) is 5.92 Å². The summed E-state index contributed by atoms with van der Waals surface area (Å²) in [5.41, 5.74) is 4.10. The lowest BCUT2D eigenvalue weighted by Crippen LogP contribution is -1.97. The van der Waals surface area contributed by atoms with Crippen molar-refractivity contribution in [1.29, 1.82) is 0 Å². The van der Waals surface area contributed by atoms with E-state index >= 15 is 0 Å². The van der Waals surface area contributed by atoms with Gasteiger partial charge in [0.2, 0.25) is 0 Å². The van der Waals surface area contributed by atoms with Crippen LogP contribution >= 0.6 is 0 Å². The number of rotatable bonds is 2. The zero-order valence-corrected chi connectivity index (χ0v) is 8.84. The molecule has 1 heteroatoms. The molecule has 0 fully saturated rings. The molecule has 0 heterocycles. The predicted octanol–water partition coefficient (Wildman–Crippen LogP) is 2.55. The van der Waals surface area contributed by atoms with Crippen LogP contribution in [0.15, 0.2) is 18.2 Å². The van der Waals surface area contributed by atoms with E-state index in [1.165, 1.54) is 29.5 Å². The van der Waals surface area contributed by atoms with Gasteiger partial charge < -0.3 is 0 Å². The fraction of sp³-hybridized carbons (Fsp3) is 0.462.